The molecule has 1 amide bonds. The van der Waals surface area contributed by atoms with Crippen molar-refractivity contribution in [3.63, 3.8) is 0 Å². The number of rotatable bonds is 8. The summed E-state index contributed by atoms with van der Waals surface area (Å²) in [5.74, 6) is 0.175. The number of ether oxygens (including phenoxy) is 4. The zero-order valence-corrected chi connectivity index (χ0v) is 19.4. The standard InChI is InChI=1S/C24H22ClNO8/c1-4-32-24(29)26-16-6-7-17-15(11-22(28)34-19(17)12-16)13-33-21(27)8-5-14-9-18(25)23(31-3)20(10-14)30-2/h5-12H,4,13H2,1-3H3,(H,26,29)/b8-5+. The SMILES string of the molecule is CCOC(=O)Nc1ccc2c(COC(=O)/C=C/c3cc(Cl)c(OC)c(OC)c3)cc(=O)oc2c1. The van der Waals surface area contributed by atoms with Crippen LogP contribution in [-0.4, -0.2) is 32.9 Å². The Morgan fingerprint density at radius 1 is 1.09 bits per heavy atom. The van der Waals surface area contributed by atoms with E-state index >= 15 is 0 Å². The number of amides is 1. The van der Waals surface area contributed by atoms with Gasteiger partial charge in [0, 0.05) is 34.8 Å². The number of fused-ring (bicyclic) bond motifs is 1. The van der Waals surface area contributed by atoms with E-state index in [-0.39, 0.29) is 18.8 Å². The number of hydrogen-bond acceptors (Lipinski definition) is 8. The molecular formula is C24H22ClNO8. The highest BCUT2D eigenvalue weighted by Gasteiger charge is 2.12. The van der Waals surface area contributed by atoms with Gasteiger partial charge in [0.25, 0.3) is 0 Å². The van der Waals surface area contributed by atoms with Gasteiger partial charge in [-0.05, 0) is 42.8 Å². The third kappa shape index (κ3) is 6.08. The van der Waals surface area contributed by atoms with E-state index < -0.39 is 17.7 Å². The smallest absolute Gasteiger partial charge is 0.411 e. The molecule has 0 bridgehead atoms. The summed E-state index contributed by atoms with van der Waals surface area (Å²) in [6, 6.07) is 9.26. The van der Waals surface area contributed by atoms with Crippen molar-refractivity contribution in [3.05, 3.63) is 69.0 Å². The molecule has 0 saturated heterocycles. The number of halogens is 1. The number of methoxy groups -OCH3 is 2. The topological polar surface area (TPSA) is 113 Å². The van der Waals surface area contributed by atoms with Crippen LogP contribution in [0.1, 0.15) is 18.1 Å². The van der Waals surface area contributed by atoms with E-state index in [1.54, 1.807) is 31.2 Å². The second-order valence-electron chi connectivity index (χ2n) is 6.83. The monoisotopic (exact) mass is 487 g/mol. The highest BCUT2D eigenvalue weighted by atomic mass is 35.5. The molecule has 0 radical (unpaired) electrons. The van der Waals surface area contributed by atoms with Crippen molar-refractivity contribution in [2.45, 2.75) is 13.5 Å². The lowest BCUT2D eigenvalue weighted by Gasteiger charge is -2.10. The van der Waals surface area contributed by atoms with Crippen LogP contribution in [-0.2, 0) is 20.9 Å². The van der Waals surface area contributed by atoms with E-state index in [0.717, 1.165) is 0 Å². The van der Waals surface area contributed by atoms with E-state index in [1.165, 1.54) is 38.5 Å². The lowest BCUT2D eigenvalue weighted by atomic mass is 10.1. The first-order valence-electron chi connectivity index (χ1n) is 10.1. The summed E-state index contributed by atoms with van der Waals surface area (Å²) in [5.41, 5.74) is 1.04. The molecule has 0 aliphatic heterocycles. The minimum absolute atomic E-state index is 0.164. The third-order valence-corrected chi connectivity index (χ3v) is 4.87. The molecular weight excluding hydrogens is 466 g/mol. The van der Waals surface area contributed by atoms with Gasteiger partial charge in [-0.3, -0.25) is 5.32 Å². The van der Waals surface area contributed by atoms with E-state index in [9.17, 15) is 14.4 Å². The number of anilines is 1. The molecule has 0 atom stereocenters. The summed E-state index contributed by atoms with van der Waals surface area (Å²) < 4.78 is 25.7. The second kappa shape index (κ2) is 11.2. The molecule has 9 nitrogen and oxygen atoms in total. The van der Waals surface area contributed by atoms with E-state index in [1.807, 2.05) is 0 Å². The molecule has 1 heterocycles. The van der Waals surface area contributed by atoms with Crippen molar-refractivity contribution in [2.24, 2.45) is 0 Å². The fourth-order valence-corrected chi connectivity index (χ4v) is 3.40. The lowest BCUT2D eigenvalue weighted by molar-refractivity contribution is -0.138. The van der Waals surface area contributed by atoms with E-state index in [2.05, 4.69) is 5.32 Å². The highest BCUT2D eigenvalue weighted by Crippen LogP contribution is 2.36. The van der Waals surface area contributed by atoms with Crippen LogP contribution in [0.2, 0.25) is 5.02 Å². The summed E-state index contributed by atoms with van der Waals surface area (Å²) >= 11 is 6.17. The Kier molecular flexibility index (Phi) is 8.15. The number of carbonyl (C=O) groups is 2. The van der Waals surface area contributed by atoms with Crippen LogP contribution in [0.4, 0.5) is 10.5 Å². The molecule has 178 valence electrons. The zero-order chi connectivity index (χ0) is 24.7. The number of benzene rings is 2. The van der Waals surface area contributed by atoms with Crippen molar-refractivity contribution in [2.75, 3.05) is 26.1 Å². The summed E-state index contributed by atoms with van der Waals surface area (Å²) in [7, 11) is 2.95. The Morgan fingerprint density at radius 2 is 1.88 bits per heavy atom. The maximum atomic E-state index is 12.2. The van der Waals surface area contributed by atoms with Gasteiger partial charge in [0.1, 0.15) is 12.2 Å². The van der Waals surface area contributed by atoms with Crippen molar-refractivity contribution in [1.82, 2.24) is 0 Å². The molecule has 1 aromatic heterocycles. The van der Waals surface area contributed by atoms with Gasteiger partial charge in [-0.15, -0.1) is 0 Å². The zero-order valence-electron chi connectivity index (χ0n) is 18.7. The Labute approximate surface area is 199 Å². The van der Waals surface area contributed by atoms with Gasteiger partial charge >= 0.3 is 17.7 Å². The average molecular weight is 488 g/mol. The highest BCUT2D eigenvalue weighted by molar-refractivity contribution is 6.32. The largest absolute Gasteiger partial charge is 0.493 e. The molecule has 3 rings (SSSR count). The van der Waals surface area contributed by atoms with Gasteiger partial charge in [0.05, 0.1) is 25.8 Å². The second-order valence-corrected chi connectivity index (χ2v) is 7.23. The molecule has 3 aromatic rings. The summed E-state index contributed by atoms with van der Waals surface area (Å²) in [4.78, 5) is 35.8. The first-order valence-corrected chi connectivity index (χ1v) is 10.5. The van der Waals surface area contributed by atoms with Crippen molar-refractivity contribution < 1.29 is 33.0 Å². The first-order chi connectivity index (χ1) is 16.3. The molecule has 0 spiro atoms. The van der Waals surface area contributed by atoms with Gasteiger partial charge in [0.15, 0.2) is 11.5 Å². The molecule has 0 unspecified atom stereocenters. The first kappa shape index (κ1) is 24.7. The molecule has 0 fully saturated rings. The molecule has 0 saturated carbocycles. The van der Waals surface area contributed by atoms with Crippen LogP contribution in [0.3, 0.4) is 0 Å². The van der Waals surface area contributed by atoms with Gasteiger partial charge in [0.2, 0.25) is 0 Å². The van der Waals surface area contributed by atoms with Crippen LogP contribution in [0.15, 0.2) is 51.7 Å². The van der Waals surface area contributed by atoms with Crippen molar-refractivity contribution >= 4 is 46.4 Å². The Hall–Kier alpha value is -3.98. The predicted molar refractivity (Wildman–Crippen MR) is 127 cm³/mol. The van der Waals surface area contributed by atoms with Crippen molar-refractivity contribution in [1.29, 1.82) is 0 Å². The van der Waals surface area contributed by atoms with Crippen LogP contribution in [0.25, 0.3) is 17.0 Å². The van der Waals surface area contributed by atoms with Crippen LogP contribution in [0, 0.1) is 0 Å². The van der Waals surface area contributed by atoms with Crippen LogP contribution < -0.4 is 20.4 Å². The summed E-state index contributed by atoms with van der Waals surface area (Å²) in [6.07, 6.45) is 2.12. The van der Waals surface area contributed by atoms with Crippen molar-refractivity contribution in [3.8, 4) is 11.5 Å². The number of esters is 1. The van der Waals surface area contributed by atoms with E-state index in [4.69, 9.17) is 35.0 Å². The average Bonchev–Trinajstić information content (AvgIpc) is 2.80. The Morgan fingerprint density at radius 3 is 2.59 bits per heavy atom. The minimum Gasteiger partial charge on any atom is -0.493 e. The predicted octanol–water partition coefficient (Wildman–Crippen LogP) is 4.79. The normalized spacial score (nSPS) is 10.8. The molecule has 0 aliphatic rings. The number of nitrogens with one attached hydrogen (secondary N) is 1. The lowest BCUT2D eigenvalue weighted by Crippen LogP contribution is -2.13. The maximum Gasteiger partial charge on any atom is 0.411 e. The maximum absolute atomic E-state index is 12.2. The molecule has 34 heavy (non-hydrogen) atoms. The molecule has 10 heteroatoms. The fraction of sp³-hybridized carbons (Fsp3) is 0.208. The molecule has 0 aliphatic carbocycles. The Balaban J connectivity index is 1.73. The van der Waals surface area contributed by atoms with Gasteiger partial charge in [-0.2, -0.15) is 0 Å². The third-order valence-electron chi connectivity index (χ3n) is 4.59. The van der Waals surface area contributed by atoms with Gasteiger partial charge in [-0.1, -0.05) is 11.6 Å². The number of carbonyl (C=O) groups excluding carboxylic acids is 2. The molecule has 2 aromatic carbocycles. The minimum atomic E-state index is -0.632. The molecule has 1 N–H and O–H groups in total. The quantitative estimate of drug-likeness (QED) is 0.274. The Bertz CT molecular complexity index is 1300. The van der Waals surface area contributed by atoms with Crippen LogP contribution >= 0.6 is 11.6 Å². The van der Waals surface area contributed by atoms with E-state index in [0.29, 0.717) is 38.7 Å². The fourth-order valence-electron chi connectivity index (χ4n) is 3.11. The van der Waals surface area contributed by atoms with Gasteiger partial charge < -0.3 is 23.4 Å². The summed E-state index contributed by atoms with van der Waals surface area (Å²) in [5, 5.41) is 3.41. The summed E-state index contributed by atoms with van der Waals surface area (Å²) in [6.45, 7) is 1.74. The van der Waals surface area contributed by atoms with Crippen LogP contribution in [0.5, 0.6) is 11.5 Å². The van der Waals surface area contributed by atoms with Gasteiger partial charge in [-0.25, -0.2) is 14.4 Å². The number of hydrogen-bond donors (Lipinski definition) is 1.